The van der Waals surface area contributed by atoms with Crippen LogP contribution in [0.2, 0.25) is 0 Å². The van der Waals surface area contributed by atoms with Crippen molar-refractivity contribution in [3.05, 3.63) is 12.3 Å². The molecule has 2 unspecified atom stereocenters. The van der Waals surface area contributed by atoms with Crippen LogP contribution in [0.1, 0.15) is 25.7 Å². The van der Waals surface area contributed by atoms with Gasteiger partial charge in [0.1, 0.15) is 0 Å². The van der Waals surface area contributed by atoms with Crippen LogP contribution in [-0.4, -0.2) is 37.5 Å². The zero-order chi connectivity index (χ0) is 11.3. The lowest BCUT2D eigenvalue weighted by Gasteiger charge is -2.32. The highest BCUT2D eigenvalue weighted by Gasteiger charge is 2.24. The molecule has 2 atom stereocenters. The number of hydrogen-bond donors (Lipinski definition) is 1. The Kier molecular flexibility index (Phi) is 5.48. The Morgan fingerprint density at radius 3 is 2.73 bits per heavy atom. The van der Waals surface area contributed by atoms with E-state index in [1.54, 1.807) is 0 Å². The molecule has 0 heterocycles. The molecule has 0 amide bonds. The molecule has 0 saturated heterocycles. The molecule has 0 aromatic carbocycles. The molecule has 0 radical (unpaired) electrons. The molecule has 0 aliphatic heterocycles. The third-order valence-electron chi connectivity index (χ3n) is 3.25. The smallest absolute Gasteiger partial charge is 0.0381 e. The van der Waals surface area contributed by atoms with Crippen molar-refractivity contribution in [2.45, 2.75) is 31.1 Å². The van der Waals surface area contributed by atoms with Crippen molar-refractivity contribution >= 4 is 11.6 Å². The highest BCUT2D eigenvalue weighted by Crippen LogP contribution is 2.29. The topological polar surface area (TPSA) is 15.3 Å². The van der Waals surface area contributed by atoms with Crippen LogP contribution < -0.4 is 5.32 Å². The number of hydrogen-bond acceptors (Lipinski definition) is 2. The third-order valence-corrected chi connectivity index (χ3v) is 3.82. The molecule has 0 aromatic rings. The van der Waals surface area contributed by atoms with Gasteiger partial charge in [-0.1, -0.05) is 19.4 Å². The normalized spacial score (nSPS) is 26.3. The van der Waals surface area contributed by atoms with E-state index in [2.05, 4.69) is 23.8 Å². The van der Waals surface area contributed by atoms with E-state index in [-0.39, 0.29) is 0 Å². The second kappa shape index (κ2) is 6.39. The number of nitrogens with zero attached hydrogens (tertiary/aromatic N) is 1. The quantitative estimate of drug-likeness (QED) is 0.730. The fourth-order valence-corrected chi connectivity index (χ4v) is 2.55. The first-order valence-corrected chi connectivity index (χ1v) is 6.26. The molecular formula is C12H23ClN2. The van der Waals surface area contributed by atoms with Crippen LogP contribution in [0.4, 0.5) is 0 Å². The lowest BCUT2D eigenvalue weighted by molar-refractivity contribution is 0.270. The molecule has 0 bridgehead atoms. The highest BCUT2D eigenvalue weighted by molar-refractivity contribution is 6.20. The Balaban J connectivity index is 2.35. The zero-order valence-corrected chi connectivity index (χ0v) is 10.7. The average Bonchev–Trinajstić information content (AvgIpc) is 2.21. The molecule has 1 aliphatic rings. The van der Waals surface area contributed by atoms with Crippen molar-refractivity contribution < 1.29 is 0 Å². The number of halogens is 1. The summed E-state index contributed by atoms with van der Waals surface area (Å²) < 4.78 is 0. The van der Waals surface area contributed by atoms with Crippen molar-refractivity contribution in [2.75, 3.05) is 27.2 Å². The first-order valence-electron chi connectivity index (χ1n) is 5.82. The minimum atomic E-state index is 0.364. The summed E-state index contributed by atoms with van der Waals surface area (Å²) in [5.41, 5.74) is 1.15. The van der Waals surface area contributed by atoms with Gasteiger partial charge < -0.3 is 10.2 Å². The maximum absolute atomic E-state index is 6.34. The van der Waals surface area contributed by atoms with E-state index in [4.69, 9.17) is 11.6 Å². The van der Waals surface area contributed by atoms with Gasteiger partial charge in [0, 0.05) is 31.2 Å². The van der Waals surface area contributed by atoms with E-state index >= 15 is 0 Å². The van der Waals surface area contributed by atoms with Crippen molar-refractivity contribution in [2.24, 2.45) is 5.92 Å². The van der Waals surface area contributed by atoms with Gasteiger partial charge in [0.2, 0.25) is 0 Å². The monoisotopic (exact) mass is 230 g/mol. The Morgan fingerprint density at radius 2 is 2.13 bits per heavy atom. The van der Waals surface area contributed by atoms with E-state index in [0.29, 0.717) is 11.3 Å². The molecule has 1 N–H and O–H groups in total. The molecule has 1 aliphatic carbocycles. The molecule has 2 nitrogen and oxygen atoms in total. The molecule has 15 heavy (non-hydrogen) atoms. The van der Waals surface area contributed by atoms with Crippen molar-refractivity contribution in [3.63, 3.8) is 0 Å². The summed E-state index contributed by atoms with van der Waals surface area (Å²) in [4.78, 5) is 2.24. The Bertz CT molecular complexity index is 206. The predicted molar refractivity (Wildman–Crippen MR) is 67.3 cm³/mol. The summed E-state index contributed by atoms with van der Waals surface area (Å²) >= 11 is 6.34. The molecule has 0 spiro atoms. The minimum absolute atomic E-state index is 0.364. The van der Waals surface area contributed by atoms with Gasteiger partial charge in [0.25, 0.3) is 0 Å². The third kappa shape index (κ3) is 4.04. The highest BCUT2D eigenvalue weighted by atomic mass is 35.5. The Morgan fingerprint density at radius 1 is 1.47 bits per heavy atom. The molecule has 88 valence electrons. The molecule has 1 rings (SSSR count). The van der Waals surface area contributed by atoms with Gasteiger partial charge in [-0.15, -0.1) is 11.6 Å². The Labute approximate surface area is 98.7 Å². The second-order valence-corrected chi connectivity index (χ2v) is 5.10. The van der Waals surface area contributed by atoms with E-state index < -0.39 is 0 Å². The summed E-state index contributed by atoms with van der Waals surface area (Å²) in [6.45, 7) is 5.96. The van der Waals surface area contributed by atoms with Gasteiger partial charge >= 0.3 is 0 Å². The van der Waals surface area contributed by atoms with Gasteiger partial charge in [-0.05, 0) is 25.8 Å². The number of alkyl halides is 1. The predicted octanol–water partition coefficient (Wildman–Crippen LogP) is 2.45. The summed E-state index contributed by atoms with van der Waals surface area (Å²) in [6.07, 6.45) is 5.08. The average molecular weight is 231 g/mol. The Hall–Kier alpha value is -0.210. The maximum Gasteiger partial charge on any atom is 0.0381 e. The summed E-state index contributed by atoms with van der Waals surface area (Å²) in [5, 5.41) is 3.49. The number of rotatable bonds is 5. The fourth-order valence-electron chi connectivity index (χ4n) is 2.19. The molecule has 0 aromatic heterocycles. The number of likely N-dealkylation sites (N-methyl/N-ethyl adjacent to an activating group) is 2. The van der Waals surface area contributed by atoms with Crippen LogP contribution >= 0.6 is 11.6 Å². The van der Waals surface area contributed by atoms with Gasteiger partial charge in [-0.2, -0.15) is 0 Å². The summed E-state index contributed by atoms with van der Waals surface area (Å²) in [5.74, 6) is 0.638. The largest absolute Gasteiger partial charge is 0.377 e. The number of nitrogens with one attached hydrogen (secondary N) is 1. The fraction of sp³-hybridized carbons (Fsp3) is 0.833. The van der Waals surface area contributed by atoms with Crippen molar-refractivity contribution in [3.8, 4) is 0 Å². The van der Waals surface area contributed by atoms with Crippen LogP contribution in [0, 0.1) is 5.92 Å². The zero-order valence-electron chi connectivity index (χ0n) is 9.93. The standard InChI is InChI=1S/C12H23ClN2/c1-10(8-14-2)15(3)9-11-6-4-5-7-12(11)13/h11-12,14H,1,4-9H2,2-3H3. The molecular weight excluding hydrogens is 208 g/mol. The van der Waals surface area contributed by atoms with Crippen LogP contribution in [0.15, 0.2) is 12.3 Å². The van der Waals surface area contributed by atoms with E-state index in [1.807, 2.05) is 7.05 Å². The first-order chi connectivity index (χ1) is 7.15. The van der Waals surface area contributed by atoms with Crippen LogP contribution in [-0.2, 0) is 0 Å². The lowest BCUT2D eigenvalue weighted by atomic mass is 9.88. The van der Waals surface area contributed by atoms with Crippen LogP contribution in [0.3, 0.4) is 0 Å². The maximum atomic E-state index is 6.34. The second-order valence-electron chi connectivity index (χ2n) is 4.54. The summed E-state index contributed by atoms with van der Waals surface area (Å²) in [6, 6.07) is 0. The summed E-state index contributed by atoms with van der Waals surface area (Å²) in [7, 11) is 4.06. The van der Waals surface area contributed by atoms with E-state index in [1.165, 1.54) is 25.7 Å². The van der Waals surface area contributed by atoms with Gasteiger partial charge in [-0.3, -0.25) is 0 Å². The van der Waals surface area contributed by atoms with Crippen molar-refractivity contribution in [1.82, 2.24) is 10.2 Å². The minimum Gasteiger partial charge on any atom is -0.377 e. The SMILES string of the molecule is C=C(CNC)N(C)CC1CCCCC1Cl. The lowest BCUT2D eigenvalue weighted by Crippen LogP contribution is -2.34. The van der Waals surface area contributed by atoms with E-state index in [0.717, 1.165) is 18.8 Å². The first kappa shape index (κ1) is 12.9. The molecule has 3 heteroatoms. The molecule has 1 fully saturated rings. The van der Waals surface area contributed by atoms with Gasteiger partial charge in [0.15, 0.2) is 0 Å². The van der Waals surface area contributed by atoms with Crippen molar-refractivity contribution in [1.29, 1.82) is 0 Å². The van der Waals surface area contributed by atoms with Gasteiger partial charge in [-0.25, -0.2) is 0 Å². The van der Waals surface area contributed by atoms with Gasteiger partial charge in [0.05, 0.1) is 0 Å². The van der Waals surface area contributed by atoms with Crippen LogP contribution in [0.5, 0.6) is 0 Å². The molecule has 1 saturated carbocycles. The van der Waals surface area contributed by atoms with Crippen LogP contribution in [0.25, 0.3) is 0 Å². The van der Waals surface area contributed by atoms with E-state index in [9.17, 15) is 0 Å².